The first-order valence-electron chi connectivity index (χ1n) is 12.4. The molecule has 1 spiro atoms. The van der Waals surface area contributed by atoms with E-state index in [1.165, 1.54) is 19.2 Å². The summed E-state index contributed by atoms with van der Waals surface area (Å²) in [5.41, 5.74) is 6.48. The molecule has 3 aromatic rings. The molecule has 9 heteroatoms. The molecule has 196 valence electrons. The highest BCUT2D eigenvalue weighted by molar-refractivity contribution is 6.34. The molecular formula is C29H28ClFN4O3. The molecule has 4 N–H and O–H groups in total. The number of anilines is 2. The number of hydrogen-bond donors (Lipinski definition) is 3. The summed E-state index contributed by atoms with van der Waals surface area (Å²) in [6, 6.07) is 16.3. The van der Waals surface area contributed by atoms with E-state index in [0.717, 1.165) is 48.7 Å². The Bertz CT molecular complexity index is 1440. The highest BCUT2D eigenvalue weighted by Crippen LogP contribution is 2.47. The van der Waals surface area contributed by atoms with E-state index in [1.54, 1.807) is 23.1 Å². The summed E-state index contributed by atoms with van der Waals surface area (Å²) in [4.78, 5) is 28.4. The number of allylic oxidation sites excluding steroid dienone is 2. The summed E-state index contributed by atoms with van der Waals surface area (Å²) in [5, 5.41) is 2.82. The highest BCUT2D eigenvalue weighted by Gasteiger charge is 2.41. The first kappa shape index (κ1) is 25.8. The Hall–Kier alpha value is -3.88. The van der Waals surface area contributed by atoms with Gasteiger partial charge in [0.15, 0.2) is 0 Å². The van der Waals surface area contributed by atoms with Crippen LogP contribution in [-0.2, 0) is 6.42 Å². The van der Waals surface area contributed by atoms with Gasteiger partial charge in [-0.15, -0.1) is 0 Å². The number of para-hydroxylation sites is 1. The Morgan fingerprint density at radius 2 is 1.92 bits per heavy atom. The van der Waals surface area contributed by atoms with Gasteiger partial charge in [-0.1, -0.05) is 35.9 Å². The molecule has 1 atom stereocenters. The molecule has 2 amide bonds. The van der Waals surface area contributed by atoms with Crippen molar-refractivity contribution in [2.75, 3.05) is 23.9 Å². The van der Waals surface area contributed by atoms with Crippen LogP contribution in [0.1, 0.15) is 45.5 Å². The molecule has 0 fully saturated rings. The maximum absolute atomic E-state index is 13.8. The lowest BCUT2D eigenvalue weighted by Gasteiger charge is -2.31. The van der Waals surface area contributed by atoms with Crippen LogP contribution < -0.4 is 26.2 Å². The monoisotopic (exact) mass is 534 g/mol. The number of carbonyl (C=O) groups is 2. The average Bonchev–Trinajstić information content (AvgIpc) is 3.24. The maximum Gasteiger partial charge on any atom is 0.258 e. The van der Waals surface area contributed by atoms with Crippen LogP contribution in [0.4, 0.5) is 15.8 Å². The number of ether oxygens (including phenoxy) is 1. The molecule has 1 heterocycles. The van der Waals surface area contributed by atoms with Gasteiger partial charge in [0.05, 0.1) is 23.4 Å². The van der Waals surface area contributed by atoms with Crippen LogP contribution in [0.15, 0.2) is 72.4 Å². The molecule has 2 aliphatic rings. The normalized spacial score (nSPS) is 18.4. The predicted molar refractivity (Wildman–Crippen MR) is 146 cm³/mol. The smallest absolute Gasteiger partial charge is 0.258 e. The Labute approximate surface area is 225 Å². The van der Waals surface area contributed by atoms with Gasteiger partial charge >= 0.3 is 0 Å². The minimum Gasteiger partial charge on any atom is -0.495 e. The lowest BCUT2D eigenvalue weighted by Crippen LogP contribution is -2.37. The third-order valence-corrected chi connectivity index (χ3v) is 7.77. The van der Waals surface area contributed by atoms with Crippen LogP contribution in [-0.4, -0.2) is 25.5 Å². The summed E-state index contributed by atoms with van der Waals surface area (Å²) in [6.45, 7) is 0.522. The van der Waals surface area contributed by atoms with E-state index in [1.807, 2.05) is 18.2 Å². The van der Waals surface area contributed by atoms with Gasteiger partial charge in [0.2, 0.25) is 0 Å². The molecule has 38 heavy (non-hydrogen) atoms. The van der Waals surface area contributed by atoms with E-state index in [-0.39, 0.29) is 21.9 Å². The van der Waals surface area contributed by atoms with Crippen LogP contribution in [0.25, 0.3) is 0 Å². The SMILES string of the molecule is COc1cc(C(=O)N2CCC3(CCC=C3NN)Cc3ccccc32)ccc1NC(=O)c1cc(F)ccc1Cl. The quantitative estimate of drug-likeness (QED) is 0.298. The van der Waals surface area contributed by atoms with Crippen molar-refractivity contribution < 1.29 is 18.7 Å². The Morgan fingerprint density at radius 3 is 2.71 bits per heavy atom. The average molecular weight is 535 g/mol. The predicted octanol–water partition coefficient (Wildman–Crippen LogP) is 5.46. The molecule has 1 aliphatic heterocycles. The van der Waals surface area contributed by atoms with Crippen LogP contribution >= 0.6 is 11.6 Å². The molecule has 1 aliphatic carbocycles. The summed E-state index contributed by atoms with van der Waals surface area (Å²) >= 11 is 6.08. The lowest BCUT2D eigenvalue weighted by molar-refractivity contribution is 0.0983. The summed E-state index contributed by atoms with van der Waals surface area (Å²) in [7, 11) is 1.45. The van der Waals surface area contributed by atoms with E-state index in [2.05, 4.69) is 22.9 Å². The number of hydrazine groups is 1. The van der Waals surface area contributed by atoms with Gasteiger partial charge in [-0.25, -0.2) is 4.39 Å². The van der Waals surface area contributed by atoms with Crippen LogP contribution in [0.2, 0.25) is 5.02 Å². The summed E-state index contributed by atoms with van der Waals surface area (Å²) in [5.74, 6) is 4.81. The van der Waals surface area contributed by atoms with Crippen molar-refractivity contribution in [2.45, 2.75) is 25.7 Å². The third kappa shape index (κ3) is 4.73. The minimum atomic E-state index is -0.590. The van der Waals surface area contributed by atoms with E-state index < -0.39 is 11.7 Å². The molecule has 0 saturated heterocycles. The number of rotatable bonds is 5. The zero-order valence-electron chi connectivity index (χ0n) is 20.9. The van der Waals surface area contributed by atoms with Crippen molar-refractivity contribution >= 4 is 34.8 Å². The molecule has 0 radical (unpaired) electrons. The molecule has 0 aromatic heterocycles. The zero-order chi connectivity index (χ0) is 26.9. The van der Waals surface area contributed by atoms with Gasteiger partial charge in [0, 0.05) is 28.9 Å². The molecule has 1 unspecified atom stereocenters. The van der Waals surface area contributed by atoms with Crippen molar-refractivity contribution in [1.29, 1.82) is 0 Å². The first-order chi connectivity index (χ1) is 18.3. The Balaban J connectivity index is 1.43. The van der Waals surface area contributed by atoms with Gasteiger partial charge < -0.3 is 20.4 Å². The largest absolute Gasteiger partial charge is 0.495 e. The second kappa shape index (κ2) is 10.5. The van der Waals surface area contributed by atoms with Crippen LogP contribution in [0, 0.1) is 11.2 Å². The van der Waals surface area contributed by atoms with Crippen molar-refractivity contribution in [3.05, 3.63) is 100.0 Å². The topological polar surface area (TPSA) is 96.7 Å². The van der Waals surface area contributed by atoms with Crippen LogP contribution in [0.5, 0.6) is 5.75 Å². The minimum absolute atomic E-state index is 0.00345. The number of nitrogens with one attached hydrogen (secondary N) is 2. The second-order valence-corrected chi connectivity index (χ2v) is 9.99. The number of fused-ring (bicyclic) bond motifs is 1. The fourth-order valence-electron chi connectivity index (χ4n) is 5.48. The van der Waals surface area contributed by atoms with Gasteiger partial charge in [-0.3, -0.25) is 15.4 Å². The summed E-state index contributed by atoms with van der Waals surface area (Å²) < 4.78 is 19.2. The lowest BCUT2D eigenvalue weighted by atomic mass is 9.76. The number of benzene rings is 3. The fourth-order valence-corrected chi connectivity index (χ4v) is 5.68. The van der Waals surface area contributed by atoms with Gasteiger partial charge in [-0.05, 0) is 73.7 Å². The van der Waals surface area contributed by atoms with E-state index >= 15 is 0 Å². The van der Waals surface area contributed by atoms with E-state index in [9.17, 15) is 14.0 Å². The molecule has 5 rings (SSSR count). The third-order valence-electron chi connectivity index (χ3n) is 7.44. The number of nitrogens with zero attached hydrogens (tertiary/aromatic N) is 1. The number of amides is 2. The number of nitrogens with two attached hydrogens (primary N) is 1. The van der Waals surface area contributed by atoms with E-state index in [4.69, 9.17) is 22.2 Å². The van der Waals surface area contributed by atoms with Crippen molar-refractivity contribution in [3.63, 3.8) is 0 Å². The van der Waals surface area contributed by atoms with Crippen molar-refractivity contribution in [2.24, 2.45) is 11.3 Å². The number of hydrogen-bond acceptors (Lipinski definition) is 5. The highest BCUT2D eigenvalue weighted by atomic mass is 35.5. The second-order valence-electron chi connectivity index (χ2n) is 9.59. The van der Waals surface area contributed by atoms with Gasteiger partial charge in [0.1, 0.15) is 11.6 Å². The number of carbonyl (C=O) groups excluding carboxylic acids is 2. The molecule has 7 nitrogen and oxygen atoms in total. The van der Waals surface area contributed by atoms with E-state index in [0.29, 0.717) is 23.5 Å². The molecule has 0 saturated carbocycles. The number of halogens is 2. The fraction of sp³-hybridized carbons (Fsp3) is 0.241. The molecule has 3 aromatic carbocycles. The maximum atomic E-state index is 13.8. The molecular weight excluding hydrogens is 507 g/mol. The Morgan fingerprint density at radius 1 is 1.11 bits per heavy atom. The zero-order valence-corrected chi connectivity index (χ0v) is 21.6. The van der Waals surface area contributed by atoms with Crippen LogP contribution in [0.3, 0.4) is 0 Å². The van der Waals surface area contributed by atoms with Gasteiger partial charge in [0.25, 0.3) is 11.8 Å². The molecule has 0 bridgehead atoms. The standard InChI is InChI=1S/C29H28ClFN4O3/c1-38-25-15-18(8-11-23(25)33-27(36)21-16-20(31)9-10-22(21)30)28(37)35-14-13-29(12-4-7-26(29)34-32)17-19-5-2-3-6-24(19)35/h2-3,5-11,15-16,34H,4,12-14,17,32H2,1H3,(H,33,36). The van der Waals surface area contributed by atoms with Gasteiger partial charge in [-0.2, -0.15) is 0 Å². The summed E-state index contributed by atoms with van der Waals surface area (Å²) in [6.07, 6.45) is 5.62. The first-order valence-corrected chi connectivity index (χ1v) is 12.7. The van der Waals surface area contributed by atoms with Crippen molar-refractivity contribution in [3.8, 4) is 5.75 Å². The number of methoxy groups -OCH3 is 1. The van der Waals surface area contributed by atoms with Crippen molar-refractivity contribution in [1.82, 2.24) is 5.43 Å². The Kier molecular flexibility index (Phi) is 7.10.